The number of hydrogen-bond donors (Lipinski definition) is 2. The monoisotopic (exact) mass is 359 g/mol. The van der Waals surface area contributed by atoms with Gasteiger partial charge in [0.2, 0.25) is 0 Å². The lowest BCUT2D eigenvalue weighted by Crippen LogP contribution is -2.47. The van der Waals surface area contributed by atoms with Crippen LogP contribution in [-0.4, -0.2) is 47.8 Å². The second-order valence-electron chi connectivity index (χ2n) is 7.12. The molecule has 1 aromatic carbocycles. The van der Waals surface area contributed by atoms with Gasteiger partial charge in [0.1, 0.15) is 5.60 Å². The van der Waals surface area contributed by atoms with Crippen molar-refractivity contribution < 1.29 is 19.1 Å². The minimum atomic E-state index is -0.656. The maximum absolute atomic E-state index is 12.4. The molecular formula is C19H25N3O4. The number of nitrogens with two attached hydrogens (primary N) is 1. The zero-order valence-electron chi connectivity index (χ0n) is 15.4. The molecule has 0 aromatic heterocycles. The second-order valence-corrected chi connectivity index (χ2v) is 7.12. The molecule has 0 atom stereocenters. The van der Waals surface area contributed by atoms with E-state index in [1.807, 2.05) is 30.3 Å². The van der Waals surface area contributed by atoms with Gasteiger partial charge in [-0.15, -0.1) is 0 Å². The van der Waals surface area contributed by atoms with Crippen LogP contribution >= 0.6 is 0 Å². The molecule has 1 aliphatic heterocycles. The molecule has 0 bridgehead atoms. The average molecular weight is 359 g/mol. The molecule has 1 aliphatic rings. The predicted octanol–water partition coefficient (Wildman–Crippen LogP) is 2.26. The fourth-order valence-electron chi connectivity index (χ4n) is 2.51. The number of ketones is 1. The van der Waals surface area contributed by atoms with Crippen LogP contribution in [0.1, 0.15) is 26.3 Å². The number of rotatable bonds is 5. The van der Waals surface area contributed by atoms with Crippen molar-refractivity contribution in [1.29, 1.82) is 5.41 Å². The summed E-state index contributed by atoms with van der Waals surface area (Å²) in [4.78, 5) is 25.7. The van der Waals surface area contributed by atoms with Crippen molar-refractivity contribution in [3.63, 3.8) is 0 Å². The van der Waals surface area contributed by atoms with Crippen LogP contribution in [0, 0.1) is 5.41 Å². The van der Waals surface area contributed by atoms with Gasteiger partial charge in [0.15, 0.2) is 5.78 Å². The lowest BCUT2D eigenvalue weighted by Gasteiger charge is -2.30. The first kappa shape index (κ1) is 19.7. The minimum Gasteiger partial charge on any atom is -0.444 e. The number of Topliss-reactive ketones (excluding diaryl/α,β-unsaturated/α-hetero) is 1. The molecule has 1 heterocycles. The lowest BCUT2D eigenvalue weighted by atomic mass is 9.99. The van der Waals surface area contributed by atoms with Gasteiger partial charge in [-0.2, -0.15) is 0 Å². The third-order valence-corrected chi connectivity index (χ3v) is 3.61. The fraction of sp³-hybridized carbons (Fsp3) is 0.421. The van der Waals surface area contributed by atoms with E-state index in [1.54, 1.807) is 20.8 Å². The molecule has 7 nitrogen and oxygen atoms in total. The summed E-state index contributed by atoms with van der Waals surface area (Å²) in [6, 6.07) is 9.55. The normalized spacial score (nSPS) is 15.2. The van der Waals surface area contributed by atoms with Gasteiger partial charge in [0.05, 0.1) is 37.6 Å². The van der Waals surface area contributed by atoms with E-state index in [0.29, 0.717) is 6.61 Å². The van der Waals surface area contributed by atoms with Gasteiger partial charge in [0, 0.05) is 5.70 Å². The van der Waals surface area contributed by atoms with Crippen molar-refractivity contribution in [2.75, 3.05) is 19.7 Å². The summed E-state index contributed by atoms with van der Waals surface area (Å²) in [5.41, 5.74) is 6.62. The van der Waals surface area contributed by atoms with Crippen LogP contribution in [0.4, 0.5) is 4.79 Å². The molecule has 0 fully saturated rings. The smallest absolute Gasteiger partial charge is 0.411 e. The number of amides is 1. The van der Waals surface area contributed by atoms with E-state index in [1.165, 1.54) is 4.90 Å². The first-order valence-electron chi connectivity index (χ1n) is 8.36. The molecule has 0 radical (unpaired) electrons. The van der Waals surface area contributed by atoms with E-state index in [4.69, 9.17) is 20.6 Å². The van der Waals surface area contributed by atoms with Gasteiger partial charge in [-0.05, 0) is 26.3 Å². The summed E-state index contributed by atoms with van der Waals surface area (Å²) < 4.78 is 10.8. The first-order chi connectivity index (χ1) is 12.2. The third kappa shape index (κ3) is 5.42. The largest absolute Gasteiger partial charge is 0.444 e. The molecule has 1 aromatic rings. The Balaban J connectivity index is 1.96. The Morgan fingerprint density at radius 2 is 1.88 bits per heavy atom. The number of hydrogen-bond acceptors (Lipinski definition) is 6. The van der Waals surface area contributed by atoms with Crippen LogP contribution in [-0.2, 0) is 20.9 Å². The minimum absolute atomic E-state index is 0.0206. The van der Waals surface area contributed by atoms with Gasteiger partial charge in [-0.3, -0.25) is 9.69 Å². The maximum atomic E-state index is 12.4. The number of carbonyl (C=O) groups excluding carboxylic acids is 2. The average Bonchev–Trinajstić information content (AvgIpc) is 2.53. The van der Waals surface area contributed by atoms with Crippen molar-refractivity contribution in [3.05, 3.63) is 47.2 Å². The summed E-state index contributed by atoms with van der Waals surface area (Å²) in [5.74, 6) is -0.382. The predicted molar refractivity (Wildman–Crippen MR) is 97.9 cm³/mol. The van der Waals surface area contributed by atoms with E-state index in [2.05, 4.69) is 0 Å². The number of carbonyl (C=O) groups is 2. The van der Waals surface area contributed by atoms with E-state index in [-0.39, 0.29) is 42.5 Å². The zero-order chi connectivity index (χ0) is 19.3. The quantitative estimate of drug-likeness (QED) is 0.785. The van der Waals surface area contributed by atoms with Gasteiger partial charge in [-0.1, -0.05) is 30.3 Å². The van der Waals surface area contributed by atoms with Crippen LogP contribution in [0.25, 0.3) is 0 Å². The second kappa shape index (κ2) is 8.14. The van der Waals surface area contributed by atoms with E-state index in [0.717, 1.165) is 5.56 Å². The number of ether oxygens (including phenoxy) is 2. The van der Waals surface area contributed by atoms with Gasteiger partial charge in [0.25, 0.3) is 0 Å². The Kier molecular flexibility index (Phi) is 6.15. The van der Waals surface area contributed by atoms with Gasteiger partial charge < -0.3 is 20.6 Å². The molecule has 1 amide bonds. The first-order valence-corrected chi connectivity index (χ1v) is 8.36. The fourth-order valence-corrected chi connectivity index (χ4v) is 2.51. The molecule has 0 aliphatic carbocycles. The summed E-state index contributed by atoms with van der Waals surface area (Å²) in [6.07, 6.45) is -0.597. The molecule has 0 saturated carbocycles. The van der Waals surface area contributed by atoms with E-state index in [9.17, 15) is 9.59 Å². The standard InChI is InChI=1S/C19H25N3O4/c1-19(2,3)26-18(24)22-9-14(20)17(16(23)10-22)15(21)12-25-11-13-7-5-4-6-8-13/h4-8,21H,9-12,20H2,1-3H3. The van der Waals surface area contributed by atoms with Crippen LogP contribution < -0.4 is 5.73 Å². The summed E-state index contributed by atoms with van der Waals surface area (Å²) in [7, 11) is 0. The van der Waals surface area contributed by atoms with Crippen molar-refractivity contribution in [3.8, 4) is 0 Å². The Morgan fingerprint density at radius 3 is 2.46 bits per heavy atom. The van der Waals surface area contributed by atoms with Crippen molar-refractivity contribution in [2.24, 2.45) is 5.73 Å². The number of benzene rings is 1. The molecule has 0 spiro atoms. The molecule has 2 rings (SSSR count). The number of nitrogens with one attached hydrogen (secondary N) is 1. The molecule has 140 valence electrons. The zero-order valence-corrected chi connectivity index (χ0v) is 15.4. The number of nitrogens with zero attached hydrogens (tertiary/aromatic N) is 1. The molecule has 0 saturated heterocycles. The van der Waals surface area contributed by atoms with Gasteiger partial charge in [-0.25, -0.2) is 4.79 Å². The summed E-state index contributed by atoms with van der Waals surface area (Å²) >= 11 is 0. The van der Waals surface area contributed by atoms with E-state index < -0.39 is 11.7 Å². The molecule has 3 N–H and O–H groups in total. The molecule has 26 heavy (non-hydrogen) atoms. The van der Waals surface area contributed by atoms with Crippen molar-refractivity contribution in [2.45, 2.75) is 33.0 Å². The van der Waals surface area contributed by atoms with Crippen molar-refractivity contribution in [1.82, 2.24) is 4.90 Å². The molecule has 7 heteroatoms. The third-order valence-electron chi connectivity index (χ3n) is 3.61. The maximum Gasteiger partial charge on any atom is 0.411 e. The van der Waals surface area contributed by atoms with Crippen molar-refractivity contribution >= 4 is 17.6 Å². The van der Waals surface area contributed by atoms with Gasteiger partial charge >= 0.3 is 6.09 Å². The highest BCUT2D eigenvalue weighted by atomic mass is 16.6. The Morgan fingerprint density at radius 1 is 1.23 bits per heavy atom. The van der Waals surface area contributed by atoms with E-state index >= 15 is 0 Å². The Labute approximate surface area is 153 Å². The Hall–Kier alpha value is -2.67. The molecule has 0 unspecified atom stereocenters. The highest BCUT2D eigenvalue weighted by molar-refractivity contribution is 6.23. The van der Waals surface area contributed by atoms with Crippen LogP contribution in [0.3, 0.4) is 0 Å². The summed E-state index contributed by atoms with van der Waals surface area (Å²) in [6.45, 7) is 5.46. The SMILES string of the molecule is CC(C)(C)OC(=O)N1CC(=O)C(C(=N)COCc2ccccc2)=C(N)C1. The summed E-state index contributed by atoms with van der Waals surface area (Å²) in [5, 5.41) is 8.11. The lowest BCUT2D eigenvalue weighted by molar-refractivity contribution is -0.116. The van der Waals surface area contributed by atoms with Crippen LogP contribution in [0.2, 0.25) is 0 Å². The molecular weight excluding hydrogens is 334 g/mol. The topological polar surface area (TPSA) is 106 Å². The highest BCUT2D eigenvalue weighted by Crippen LogP contribution is 2.17. The highest BCUT2D eigenvalue weighted by Gasteiger charge is 2.32. The van der Waals surface area contributed by atoms with Crippen LogP contribution in [0.5, 0.6) is 0 Å². The van der Waals surface area contributed by atoms with Crippen LogP contribution in [0.15, 0.2) is 41.6 Å². The Bertz CT molecular complexity index is 720.